The van der Waals surface area contributed by atoms with Gasteiger partial charge in [0.25, 0.3) is 0 Å². The van der Waals surface area contributed by atoms with Crippen LogP contribution in [0.4, 0.5) is 5.69 Å². The molecule has 0 bridgehead atoms. The zero-order chi connectivity index (χ0) is 12.3. The molecular weight excluding hydrogens is 230 g/mol. The Bertz CT molecular complexity index is 388. The second kappa shape index (κ2) is 5.45. The summed E-state index contributed by atoms with van der Waals surface area (Å²) in [4.78, 5) is 7.05. The van der Waals surface area contributed by atoms with E-state index in [2.05, 4.69) is 22.9 Å². The molecule has 92 valence electrons. The summed E-state index contributed by atoms with van der Waals surface area (Å²) < 4.78 is 0. The van der Waals surface area contributed by atoms with Crippen LogP contribution in [0.5, 0.6) is 0 Å². The van der Waals surface area contributed by atoms with Gasteiger partial charge in [0.1, 0.15) is 4.99 Å². The molecule has 1 aliphatic rings. The van der Waals surface area contributed by atoms with Gasteiger partial charge in [-0.3, -0.25) is 4.98 Å². The first-order valence-electron chi connectivity index (χ1n) is 6.21. The molecule has 1 atom stereocenters. The fraction of sp³-hybridized carbons (Fsp3) is 0.538. The molecule has 2 rings (SSSR count). The molecule has 0 amide bonds. The van der Waals surface area contributed by atoms with Gasteiger partial charge in [0.05, 0.1) is 17.6 Å². The molecule has 3 nitrogen and oxygen atoms in total. The standard InChI is InChI=1S/C13H19N3S/c1-2-3-10-6-7-16(9-10)11-4-5-12(13(14)17)15-8-11/h4-5,8,10H,2-3,6-7,9H2,1H3,(H2,14,17). The predicted octanol–water partition coefficient (Wildman–Crippen LogP) is 2.34. The molecule has 2 heterocycles. The molecule has 0 saturated carbocycles. The zero-order valence-electron chi connectivity index (χ0n) is 10.2. The lowest BCUT2D eigenvalue weighted by molar-refractivity contribution is 0.530. The van der Waals surface area contributed by atoms with Crippen molar-refractivity contribution in [3.63, 3.8) is 0 Å². The number of hydrogen-bond acceptors (Lipinski definition) is 3. The van der Waals surface area contributed by atoms with Crippen LogP contribution in [0.3, 0.4) is 0 Å². The van der Waals surface area contributed by atoms with Crippen LogP contribution in [0.15, 0.2) is 18.3 Å². The van der Waals surface area contributed by atoms with E-state index in [0.717, 1.165) is 19.0 Å². The van der Waals surface area contributed by atoms with Crippen LogP contribution in [0.25, 0.3) is 0 Å². The molecule has 1 fully saturated rings. The first kappa shape index (κ1) is 12.3. The van der Waals surface area contributed by atoms with E-state index < -0.39 is 0 Å². The van der Waals surface area contributed by atoms with Crippen molar-refractivity contribution >= 4 is 22.9 Å². The van der Waals surface area contributed by atoms with E-state index in [-0.39, 0.29) is 0 Å². The summed E-state index contributed by atoms with van der Waals surface area (Å²) in [5.74, 6) is 0.843. The number of nitrogens with zero attached hydrogens (tertiary/aromatic N) is 2. The van der Waals surface area contributed by atoms with Crippen LogP contribution >= 0.6 is 12.2 Å². The third-order valence-electron chi connectivity index (χ3n) is 3.35. The SMILES string of the molecule is CCCC1CCN(c2ccc(C(N)=S)nc2)C1. The molecule has 1 aromatic rings. The number of nitrogens with two attached hydrogens (primary N) is 1. The van der Waals surface area contributed by atoms with E-state index in [1.165, 1.54) is 24.9 Å². The van der Waals surface area contributed by atoms with E-state index in [1.807, 2.05) is 12.3 Å². The van der Waals surface area contributed by atoms with Crippen LogP contribution in [-0.2, 0) is 0 Å². The second-order valence-electron chi connectivity index (χ2n) is 4.66. The molecule has 0 spiro atoms. The third kappa shape index (κ3) is 2.94. The molecule has 1 unspecified atom stereocenters. The molecule has 1 aliphatic heterocycles. The Morgan fingerprint density at radius 2 is 2.41 bits per heavy atom. The van der Waals surface area contributed by atoms with Crippen LogP contribution in [0.2, 0.25) is 0 Å². The number of hydrogen-bond donors (Lipinski definition) is 1. The van der Waals surface area contributed by atoms with Crippen LogP contribution < -0.4 is 10.6 Å². The summed E-state index contributed by atoms with van der Waals surface area (Å²) in [6.45, 7) is 4.54. The number of anilines is 1. The van der Waals surface area contributed by atoms with Crippen molar-refractivity contribution in [1.29, 1.82) is 0 Å². The molecule has 17 heavy (non-hydrogen) atoms. The Kier molecular flexibility index (Phi) is 3.94. The smallest absolute Gasteiger partial charge is 0.122 e. The van der Waals surface area contributed by atoms with Crippen molar-refractivity contribution in [3.8, 4) is 0 Å². The fourth-order valence-electron chi connectivity index (χ4n) is 2.43. The quantitative estimate of drug-likeness (QED) is 0.832. The van der Waals surface area contributed by atoms with Crippen LogP contribution in [0.1, 0.15) is 31.9 Å². The highest BCUT2D eigenvalue weighted by Gasteiger charge is 2.21. The van der Waals surface area contributed by atoms with Gasteiger partial charge < -0.3 is 10.6 Å². The summed E-state index contributed by atoms with van der Waals surface area (Å²) in [6, 6.07) is 3.97. The highest BCUT2D eigenvalue weighted by Crippen LogP contribution is 2.25. The van der Waals surface area contributed by atoms with Gasteiger partial charge in [-0.2, -0.15) is 0 Å². The largest absolute Gasteiger partial charge is 0.388 e. The molecule has 1 aromatic heterocycles. The molecule has 4 heteroatoms. The Hall–Kier alpha value is -1.16. The number of thiocarbonyl (C=S) groups is 1. The molecular formula is C13H19N3S. The Labute approximate surface area is 108 Å². The van der Waals surface area contributed by atoms with Gasteiger partial charge in [0.15, 0.2) is 0 Å². The Balaban J connectivity index is 2.01. The summed E-state index contributed by atoms with van der Waals surface area (Å²) >= 11 is 4.89. The van der Waals surface area contributed by atoms with Crippen molar-refractivity contribution in [2.45, 2.75) is 26.2 Å². The summed E-state index contributed by atoms with van der Waals surface area (Å²) in [5, 5.41) is 0. The van der Waals surface area contributed by atoms with Gasteiger partial charge in [0, 0.05) is 13.1 Å². The number of aromatic nitrogens is 1. The zero-order valence-corrected chi connectivity index (χ0v) is 11.0. The highest BCUT2D eigenvalue weighted by atomic mass is 32.1. The molecule has 2 N–H and O–H groups in total. The van der Waals surface area contributed by atoms with Crippen LogP contribution in [-0.4, -0.2) is 23.1 Å². The highest BCUT2D eigenvalue weighted by molar-refractivity contribution is 7.80. The van der Waals surface area contributed by atoms with Gasteiger partial charge >= 0.3 is 0 Å². The molecule has 0 aliphatic carbocycles. The molecule has 0 aromatic carbocycles. The van der Waals surface area contributed by atoms with Crippen molar-refractivity contribution < 1.29 is 0 Å². The Morgan fingerprint density at radius 1 is 1.59 bits per heavy atom. The topological polar surface area (TPSA) is 42.1 Å². The lowest BCUT2D eigenvalue weighted by Crippen LogP contribution is -2.20. The van der Waals surface area contributed by atoms with E-state index >= 15 is 0 Å². The maximum absolute atomic E-state index is 5.53. The van der Waals surface area contributed by atoms with Gasteiger partial charge in [0.2, 0.25) is 0 Å². The minimum atomic E-state index is 0.363. The normalized spacial score (nSPS) is 19.6. The summed E-state index contributed by atoms with van der Waals surface area (Å²) in [6.07, 6.45) is 5.78. The maximum atomic E-state index is 5.53. The van der Waals surface area contributed by atoms with E-state index in [0.29, 0.717) is 10.7 Å². The number of pyridine rings is 1. The molecule has 1 saturated heterocycles. The van der Waals surface area contributed by atoms with Crippen LogP contribution in [0, 0.1) is 5.92 Å². The van der Waals surface area contributed by atoms with E-state index in [1.54, 1.807) is 0 Å². The third-order valence-corrected chi connectivity index (χ3v) is 3.56. The van der Waals surface area contributed by atoms with Gasteiger partial charge in [-0.25, -0.2) is 0 Å². The monoisotopic (exact) mass is 249 g/mol. The minimum Gasteiger partial charge on any atom is -0.388 e. The van der Waals surface area contributed by atoms with Crippen molar-refractivity contribution in [3.05, 3.63) is 24.0 Å². The van der Waals surface area contributed by atoms with Gasteiger partial charge in [-0.05, 0) is 30.9 Å². The summed E-state index contributed by atoms with van der Waals surface area (Å²) in [7, 11) is 0. The first-order chi connectivity index (χ1) is 8.20. The van der Waals surface area contributed by atoms with Gasteiger partial charge in [-0.1, -0.05) is 25.6 Å². The fourth-order valence-corrected chi connectivity index (χ4v) is 2.55. The van der Waals surface area contributed by atoms with Crippen molar-refractivity contribution in [2.75, 3.05) is 18.0 Å². The Morgan fingerprint density at radius 3 is 3.00 bits per heavy atom. The summed E-state index contributed by atoms with van der Waals surface area (Å²) in [5.41, 5.74) is 7.42. The second-order valence-corrected chi connectivity index (χ2v) is 5.10. The van der Waals surface area contributed by atoms with Gasteiger partial charge in [-0.15, -0.1) is 0 Å². The van der Waals surface area contributed by atoms with Crippen molar-refractivity contribution in [2.24, 2.45) is 11.7 Å². The lowest BCUT2D eigenvalue weighted by atomic mass is 10.0. The predicted molar refractivity (Wildman–Crippen MR) is 75.4 cm³/mol. The van der Waals surface area contributed by atoms with Crippen molar-refractivity contribution in [1.82, 2.24) is 4.98 Å². The maximum Gasteiger partial charge on any atom is 0.122 e. The number of rotatable bonds is 4. The first-order valence-corrected chi connectivity index (χ1v) is 6.62. The van der Waals surface area contributed by atoms with E-state index in [9.17, 15) is 0 Å². The lowest BCUT2D eigenvalue weighted by Gasteiger charge is -2.18. The average molecular weight is 249 g/mol. The molecule has 0 radical (unpaired) electrons. The average Bonchev–Trinajstić information content (AvgIpc) is 2.78. The minimum absolute atomic E-state index is 0.363. The van der Waals surface area contributed by atoms with E-state index in [4.69, 9.17) is 18.0 Å².